The Kier molecular flexibility index (Phi) is 5.19. The lowest BCUT2D eigenvalue weighted by Crippen LogP contribution is -2.31. The lowest BCUT2D eigenvalue weighted by molar-refractivity contribution is 0.322. The van der Waals surface area contributed by atoms with Crippen LogP contribution < -0.4 is 15.8 Å². The van der Waals surface area contributed by atoms with Gasteiger partial charge in [0.25, 0.3) is 0 Å². The number of nitrogens with two attached hydrogens (primary N) is 1. The van der Waals surface area contributed by atoms with Crippen molar-refractivity contribution in [3.63, 3.8) is 0 Å². The van der Waals surface area contributed by atoms with E-state index >= 15 is 0 Å². The third kappa shape index (κ3) is 3.55. The van der Waals surface area contributed by atoms with Crippen molar-refractivity contribution < 1.29 is 4.74 Å². The lowest BCUT2D eigenvalue weighted by Gasteiger charge is -2.20. The summed E-state index contributed by atoms with van der Waals surface area (Å²) in [5, 5.41) is 4.84. The number of nitrogens with zero attached hydrogens (tertiary/aromatic N) is 4. The number of ether oxygens (including phenoxy) is 1. The maximum absolute atomic E-state index is 6.53. The van der Waals surface area contributed by atoms with Gasteiger partial charge >= 0.3 is 0 Å². The molecule has 8 heteroatoms. The number of hydrogen-bond donors (Lipinski definition) is 2. The molecule has 0 aliphatic carbocycles. The van der Waals surface area contributed by atoms with E-state index in [9.17, 15) is 0 Å². The number of anilines is 2. The molecule has 3 N–H and O–H groups in total. The zero-order valence-electron chi connectivity index (χ0n) is 15.9. The van der Waals surface area contributed by atoms with E-state index in [0.717, 1.165) is 29.7 Å². The summed E-state index contributed by atoms with van der Waals surface area (Å²) in [6, 6.07) is 8.03. The number of pyridine rings is 1. The number of benzene rings is 1. The number of rotatable bonds is 5. The first-order valence-corrected chi connectivity index (χ1v) is 9.65. The van der Waals surface area contributed by atoms with Crippen LogP contribution in [0.3, 0.4) is 0 Å². The summed E-state index contributed by atoms with van der Waals surface area (Å²) in [5.74, 6) is 1.51. The number of likely N-dealkylation sites (N-methyl/N-ethyl adjacent to an activating group) is 1. The highest BCUT2D eigenvalue weighted by Crippen LogP contribution is 2.36. The number of halogens is 1. The summed E-state index contributed by atoms with van der Waals surface area (Å²) >= 11 is 6.53. The van der Waals surface area contributed by atoms with E-state index in [1.54, 1.807) is 13.3 Å². The molecule has 1 aliphatic rings. The van der Waals surface area contributed by atoms with Crippen LogP contribution >= 0.6 is 11.6 Å². The molecule has 1 saturated heterocycles. The standard InChI is InChI=1S/C20H23ClN6O/c1-27-8-4-5-13(27)11-23-19-18-12(10-24-20(22)26-18)9-15(25-19)14-6-3-7-16(28-2)17(14)21/h3,6-7,9-10,13H,4-5,8,11H2,1-2H3,(H,23,25)(H2,22,24,26). The fourth-order valence-corrected chi connectivity index (χ4v) is 3.93. The molecule has 0 radical (unpaired) electrons. The highest BCUT2D eigenvalue weighted by Gasteiger charge is 2.21. The minimum atomic E-state index is 0.225. The Labute approximate surface area is 168 Å². The van der Waals surface area contributed by atoms with Crippen LogP contribution in [0.25, 0.3) is 22.2 Å². The average Bonchev–Trinajstić information content (AvgIpc) is 3.11. The quantitative estimate of drug-likeness (QED) is 0.680. The van der Waals surface area contributed by atoms with E-state index in [1.165, 1.54) is 12.8 Å². The summed E-state index contributed by atoms with van der Waals surface area (Å²) < 4.78 is 5.35. The number of nitrogens with one attached hydrogen (secondary N) is 1. The van der Waals surface area contributed by atoms with Crippen molar-refractivity contribution in [2.75, 3.05) is 38.3 Å². The second-order valence-corrected chi connectivity index (χ2v) is 7.38. The van der Waals surface area contributed by atoms with Crippen LogP contribution in [0.15, 0.2) is 30.5 Å². The van der Waals surface area contributed by atoms with Crippen molar-refractivity contribution in [1.82, 2.24) is 19.9 Å². The van der Waals surface area contributed by atoms with Crippen molar-refractivity contribution in [3.05, 3.63) is 35.5 Å². The van der Waals surface area contributed by atoms with Gasteiger partial charge in [0.1, 0.15) is 11.3 Å². The van der Waals surface area contributed by atoms with Gasteiger partial charge in [-0.1, -0.05) is 23.7 Å². The largest absolute Gasteiger partial charge is 0.495 e. The molecule has 1 aromatic carbocycles. The second-order valence-electron chi connectivity index (χ2n) is 7.00. The number of methoxy groups -OCH3 is 1. The minimum Gasteiger partial charge on any atom is -0.495 e. The molecule has 0 bridgehead atoms. The molecule has 1 fully saturated rings. The van der Waals surface area contributed by atoms with Crippen LogP contribution in [0.5, 0.6) is 5.75 Å². The normalized spacial score (nSPS) is 17.2. The maximum Gasteiger partial charge on any atom is 0.220 e. The summed E-state index contributed by atoms with van der Waals surface area (Å²) in [4.78, 5) is 15.7. The number of nitrogen functional groups attached to an aromatic ring is 1. The van der Waals surface area contributed by atoms with Crippen LogP contribution in [0, 0.1) is 0 Å². The third-order valence-electron chi connectivity index (χ3n) is 5.22. The van der Waals surface area contributed by atoms with Gasteiger partial charge in [-0.05, 0) is 38.6 Å². The molecular formula is C20H23ClN6O. The van der Waals surface area contributed by atoms with Crippen LogP contribution in [-0.4, -0.2) is 53.1 Å². The molecule has 4 rings (SSSR count). The van der Waals surface area contributed by atoms with Crippen LogP contribution in [0.4, 0.5) is 11.8 Å². The van der Waals surface area contributed by atoms with Gasteiger partial charge in [0.15, 0.2) is 5.82 Å². The summed E-state index contributed by atoms with van der Waals surface area (Å²) in [6.45, 7) is 1.91. The molecule has 2 aromatic heterocycles. The molecule has 1 aliphatic heterocycles. The first kappa shape index (κ1) is 18.7. The molecule has 3 aromatic rings. The predicted octanol–water partition coefficient (Wildman–Crippen LogP) is 3.44. The Morgan fingerprint density at radius 2 is 2.21 bits per heavy atom. The zero-order valence-corrected chi connectivity index (χ0v) is 16.7. The first-order chi connectivity index (χ1) is 13.6. The Morgan fingerprint density at radius 1 is 1.36 bits per heavy atom. The van der Waals surface area contributed by atoms with Gasteiger partial charge in [0.05, 0.1) is 17.8 Å². The maximum atomic E-state index is 6.53. The van der Waals surface area contributed by atoms with Crippen molar-refractivity contribution in [3.8, 4) is 17.0 Å². The summed E-state index contributed by atoms with van der Waals surface area (Å²) in [5.41, 5.74) is 8.05. The third-order valence-corrected chi connectivity index (χ3v) is 5.61. The molecule has 146 valence electrons. The van der Waals surface area contributed by atoms with E-state index in [2.05, 4.69) is 27.2 Å². The number of likely N-dealkylation sites (tertiary alicyclic amines) is 1. The number of hydrogen-bond acceptors (Lipinski definition) is 7. The predicted molar refractivity (Wildman–Crippen MR) is 113 cm³/mol. The Balaban J connectivity index is 1.77. The van der Waals surface area contributed by atoms with Gasteiger partial charge in [0, 0.05) is 29.7 Å². The van der Waals surface area contributed by atoms with Crippen LogP contribution in [0.2, 0.25) is 5.02 Å². The molecule has 0 saturated carbocycles. The minimum absolute atomic E-state index is 0.225. The highest BCUT2D eigenvalue weighted by molar-refractivity contribution is 6.34. The number of aromatic nitrogens is 3. The van der Waals surface area contributed by atoms with Crippen molar-refractivity contribution in [1.29, 1.82) is 0 Å². The Hall–Kier alpha value is -2.64. The molecule has 1 unspecified atom stereocenters. The topological polar surface area (TPSA) is 89.2 Å². The van der Waals surface area contributed by atoms with E-state index < -0.39 is 0 Å². The molecule has 1 atom stereocenters. The van der Waals surface area contributed by atoms with Gasteiger partial charge < -0.3 is 20.7 Å². The van der Waals surface area contributed by atoms with Gasteiger partial charge in [-0.25, -0.2) is 15.0 Å². The van der Waals surface area contributed by atoms with E-state index in [-0.39, 0.29) is 5.95 Å². The molecule has 28 heavy (non-hydrogen) atoms. The van der Waals surface area contributed by atoms with Gasteiger partial charge in [0.2, 0.25) is 5.95 Å². The van der Waals surface area contributed by atoms with E-state index in [0.29, 0.717) is 28.1 Å². The molecule has 7 nitrogen and oxygen atoms in total. The molecule has 3 heterocycles. The van der Waals surface area contributed by atoms with Crippen molar-refractivity contribution >= 4 is 34.3 Å². The van der Waals surface area contributed by atoms with Crippen LogP contribution in [0.1, 0.15) is 12.8 Å². The Morgan fingerprint density at radius 3 is 2.96 bits per heavy atom. The molecule has 0 spiro atoms. The smallest absolute Gasteiger partial charge is 0.220 e. The van der Waals surface area contributed by atoms with Gasteiger partial charge in [-0.3, -0.25) is 0 Å². The SMILES string of the molecule is COc1cccc(-c2cc3cnc(N)nc3c(NCC3CCCN3C)n2)c1Cl. The zero-order chi connectivity index (χ0) is 19.7. The lowest BCUT2D eigenvalue weighted by atomic mass is 10.1. The van der Waals surface area contributed by atoms with Crippen molar-refractivity contribution in [2.45, 2.75) is 18.9 Å². The highest BCUT2D eigenvalue weighted by atomic mass is 35.5. The fourth-order valence-electron chi connectivity index (χ4n) is 3.63. The van der Waals surface area contributed by atoms with E-state index in [4.69, 9.17) is 27.1 Å². The first-order valence-electron chi connectivity index (χ1n) is 9.27. The monoisotopic (exact) mass is 398 g/mol. The summed E-state index contributed by atoms with van der Waals surface area (Å²) in [6.07, 6.45) is 4.09. The number of fused-ring (bicyclic) bond motifs is 1. The van der Waals surface area contributed by atoms with Crippen LogP contribution in [-0.2, 0) is 0 Å². The summed E-state index contributed by atoms with van der Waals surface area (Å²) in [7, 11) is 3.75. The second kappa shape index (κ2) is 7.77. The molecule has 0 amide bonds. The Bertz CT molecular complexity index is 1010. The van der Waals surface area contributed by atoms with E-state index in [1.807, 2.05) is 24.3 Å². The average molecular weight is 399 g/mol. The van der Waals surface area contributed by atoms with Crippen molar-refractivity contribution in [2.24, 2.45) is 0 Å². The van der Waals surface area contributed by atoms with Gasteiger partial charge in [-0.2, -0.15) is 0 Å². The van der Waals surface area contributed by atoms with Gasteiger partial charge in [-0.15, -0.1) is 0 Å². The fraction of sp³-hybridized carbons (Fsp3) is 0.350. The molecular weight excluding hydrogens is 376 g/mol.